The second kappa shape index (κ2) is 6.63. The number of fused-ring (bicyclic) bond motifs is 1. The third-order valence-electron chi connectivity index (χ3n) is 5.01. The number of carboxylic acid groups (broad SMARTS) is 1. The lowest BCUT2D eigenvalue weighted by Gasteiger charge is -2.09. The second-order valence-electron chi connectivity index (χ2n) is 6.53. The van der Waals surface area contributed by atoms with E-state index in [2.05, 4.69) is 21.7 Å². The molecule has 2 aromatic carbocycles. The van der Waals surface area contributed by atoms with E-state index in [1.54, 1.807) is 6.07 Å². The third kappa shape index (κ3) is 2.73. The molecule has 5 heteroatoms. The molecule has 2 aromatic heterocycles. The molecule has 0 aliphatic heterocycles. The lowest BCUT2D eigenvalue weighted by Crippen LogP contribution is -1.99. The number of aromatic carboxylic acids is 1. The Hall–Kier alpha value is -2.98. The average Bonchev–Trinajstić information content (AvgIpc) is 3.23. The minimum absolute atomic E-state index is 0.169. The first-order chi connectivity index (χ1) is 13.0. The number of benzene rings is 2. The first kappa shape index (κ1) is 17.4. The van der Waals surface area contributed by atoms with E-state index < -0.39 is 5.97 Å². The topological polar surface area (TPSA) is 58.0 Å². The van der Waals surface area contributed by atoms with Gasteiger partial charge in [0.2, 0.25) is 0 Å². The monoisotopic (exact) mass is 378 g/mol. The van der Waals surface area contributed by atoms with Crippen LogP contribution in [0.3, 0.4) is 0 Å². The smallest absolute Gasteiger partial charge is 0.352 e. The highest BCUT2D eigenvalue weighted by molar-refractivity contribution is 6.33. The number of rotatable bonds is 4. The van der Waals surface area contributed by atoms with Gasteiger partial charge >= 0.3 is 5.97 Å². The molecule has 0 saturated carbocycles. The zero-order valence-corrected chi connectivity index (χ0v) is 15.8. The SMILES string of the molecule is CCc1c(-c2cccc3c2ccn3C)[nH]c(C(=O)O)c1-c1ccccc1Cl. The number of H-pyrrole nitrogens is 1. The van der Waals surface area contributed by atoms with Crippen molar-refractivity contribution in [1.82, 2.24) is 9.55 Å². The molecule has 0 radical (unpaired) electrons. The van der Waals surface area contributed by atoms with E-state index >= 15 is 0 Å². The Morgan fingerprint density at radius 3 is 2.56 bits per heavy atom. The van der Waals surface area contributed by atoms with E-state index in [1.165, 1.54) is 0 Å². The molecule has 0 atom stereocenters. The lowest BCUT2D eigenvalue weighted by atomic mass is 9.95. The van der Waals surface area contributed by atoms with Crippen LogP contribution < -0.4 is 0 Å². The van der Waals surface area contributed by atoms with Crippen molar-refractivity contribution in [2.45, 2.75) is 13.3 Å². The molecule has 2 N–H and O–H groups in total. The molecule has 4 aromatic rings. The molecule has 0 unspecified atom stereocenters. The number of aryl methyl sites for hydroxylation is 1. The molecule has 0 fully saturated rings. The molecular weight excluding hydrogens is 360 g/mol. The quantitative estimate of drug-likeness (QED) is 0.474. The number of nitrogens with one attached hydrogen (secondary N) is 1. The standard InChI is InChI=1S/C22H19ClN2O2/c1-3-13-19(16-7-4-5-9-17(16)23)21(22(26)27)24-20(13)15-8-6-10-18-14(15)11-12-25(18)2/h4-12,24H,3H2,1-2H3,(H,26,27). The van der Waals surface area contributed by atoms with Crippen molar-refractivity contribution >= 4 is 28.5 Å². The summed E-state index contributed by atoms with van der Waals surface area (Å²) in [6.45, 7) is 2.03. The maximum atomic E-state index is 12.0. The summed E-state index contributed by atoms with van der Waals surface area (Å²) in [6, 6.07) is 15.5. The van der Waals surface area contributed by atoms with Gasteiger partial charge in [0, 0.05) is 45.9 Å². The number of carbonyl (C=O) groups is 1. The molecule has 0 saturated heterocycles. The minimum Gasteiger partial charge on any atom is -0.477 e. The van der Waals surface area contributed by atoms with Gasteiger partial charge in [0.25, 0.3) is 0 Å². The van der Waals surface area contributed by atoms with E-state index in [4.69, 9.17) is 11.6 Å². The molecule has 0 aliphatic carbocycles. The van der Waals surface area contributed by atoms with Gasteiger partial charge in [-0.25, -0.2) is 4.79 Å². The molecule has 0 spiro atoms. The minimum atomic E-state index is -0.994. The van der Waals surface area contributed by atoms with Crippen LogP contribution in [0.15, 0.2) is 54.7 Å². The Balaban J connectivity index is 2.07. The summed E-state index contributed by atoms with van der Waals surface area (Å²) in [4.78, 5) is 15.2. The van der Waals surface area contributed by atoms with Crippen molar-refractivity contribution < 1.29 is 9.90 Å². The zero-order valence-electron chi connectivity index (χ0n) is 15.1. The van der Waals surface area contributed by atoms with Crippen LogP contribution in [0, 0.1) is 0 Å². The van der Waals surface area contributed by atoms with Gasteiger partial charge in [-0.15, -0.1) is 0 Å². The Morgan fingerprint density at radius 1 is 1.11 bits per heavy atom. The zero-order chi connectivity index (χ0) is 19.1. The summed E-state index contributed by atoms with van der Waals surface area (Å²) in [5.74, 6) is -0.994. The fourth-order valence-corrected chi connectivity index (χ4v) is 3.99. The van der Waals surface area contributed by atoms with Gasteiger partial charge in [0.15, 0.2) is 0 Å². The van der Waals surface area contributed by atoms with Crippen LogP contribution in [-0.4, -0.2) is 20.6 Å². The van der Waals surface area contributed by atoms with Crippen molar-refractivity contribution in [2.75, 3.05) is 0 Å². The maximum Gasteiger partial charge on any atom is 0.352 e. The molecule has 27 heavy (non-hydrogen) atoms. The fourth-order valence-electron chi connectivity index (χ4n) is 3.76. The van der Waals surface area contributed by atoms with Crippen molar-refractivity contribution in [3.63, 3.8) is 0 Å². The van der Waals surface area contributed by atoms with Crippen LogP contribution >= 0.6 is 11.6 Å². The van der Waals surface area contributed by atoms with E-state index in [1.807, 2.05) is 50.5 Å². The van der Waals surface area contributed by atoms with Crippen LogP contribution in [0.2, 0.25) is 5.02 Å². The van der Waals surface area contributed by atoms with Crippen LogP contribution in [0.1, 0.15) is 23.0 Å². The summed E-state index contributed by atoms with van der Waals surface area (Å²) in [7, 11) is 2.00. The highest BCUT2D eigenvalue weighted by Crippen LogP contribution is 2.40. The van der Waals surface area contributed by atoms with Gasteiger partial charge in [0.05, 0.1) is 5.69 Å². The number of carboxylic acids is 1. The second-order valence-corrected chi connectivity index (χ2v) is 6.94. The Labute approximate surface area is 162 Å². The van der Waals surface area contributed by atoms with Gasteiger partial charge in [-0.2, -0.15) is 0 Å². The molecule has 0 amide bonds. The summed E-state index contributed by atoms with van der Waals surface area (Å²) < 4.78 is 2.06. The van der Waals surface area contributed by atoms with Gasteiger partial charge in [-0.1, -0.05) is 48.9 Å². The predicted molar refractivity (Wildman–Crippen MR) is 109 cm³/mol. The highest BCUT2D eigenvalue weighted by atomic mass is 35.5. The van der Waals surface area contributed by atoms with Gasteiger partial charge < -0.3 is 14.7 Å². The number of nitrogens with zero attached hydrogens (tertiary/aromatic N) is 1. The number of aromatic nitrogens is 2. The van der Waals surface area contributed by atoms with Crippen molar-refractivity contribution in [1.29, 1.82) is 0 Å². The first-order valence-electron chi connectivity index (χ1n) is 8.80. The Bertz CT molecular complexity index is 1170. The lowest BCUT2D eigenvalue weighted by molar-refractivity contribution is 0.0692. The van der Waals surface area contributed by atoms with Gasteiger partial charge in [0.1, 0.15) is 5.69 Å². The van der Waals surface area contributed by atoms with Crippen LogP contribution in [0.25, 0.3) is 33.3 Å². The number of aromatic amines is 1. The fraction of sp³-hybridized carbons (Fsp3) is 0.136. The summed E-state index contributed by atoms with van der Waals surface area (Å²) in [5.41, 5.74) is 5.45. The molecule has 136 valence electrons. The van der Waals surface area contributed by atoms with Crippen molar-refractivity contribution in [3.8, 4) is 22.4 Å². The van der Waals surface area contributed by atoms with Gasteiger partial charge in [-0.3, -0.25) is 0 Å². The number of halogens is 1. The summed E-state index contributed by atoms with van der Waals surface area (Å²) in [6.07, 6.45) is 2.69. The molecule has 0 aliphatic rings. The van der Waals surface area contributed by atoms with Crippen molar-refractivity contribution in [3.05, 3.63) is 71.0 Å². The molecule has 4 rings (SSSR count). The average molecular weight is 379 g/mol. The van der Waals surface area contributed by atoms with Gasteiger partial charge in [-0.05, 0) is 30.2 Å². The van der Waals surface area contributed by atoms with E-state index in [0.29, 0.717) is 17.0 Å². The third-order valence-corrected chi connectivity index (χ3v) is 5.34. The molecule has 4 nitrogen and oxygen atoms in total. The van der Waals surface area contributed by atoms with Crippen LogP contribution in [-0.2, 0) is 13.5 Å². The van der Waals surface area contributed by atoms with E-state index in [9.17, 15) is 9.90 Å². The van der Waals surface area contributed by atoms with Crippen LogP contribution in [0.5, 0.6) is 0 Å². The number of hydrogen-bond acceptors (Lipinski definition) is 1. The normalized spacial score (nSPS) is 11.2. The molecular formula is C22H19ClN2O2. The highest BCUT2D eigenvalue weighted by Gasteiger charge is 2.25. The van der Waals surface area contributed by atoms with Crippen molar-refractivity contribution in [2.24, 2.45) is 7.05 Å². The molecule has 2 heterocycles. The summed E-state index contributed by atoms with van der Waals surface area (Å²) in [5, 5.41) is 11.5. The van der Waals surface area contributed by atoms with Crippen LogP contribution in [0.4, 0.5) is 0 Å². The first-order valence-corrected chi connectivity index (χ1v) is 9.18. The number of hydrogen-bond donors (Lipinski definition) is 2. The largest absolute Gasteiger partial charge is 0.477 e. The summed E-state index contributed by atoms with van der Waals surface area (Å²) >= 11 is 6.41. The predicted octanol–water partition coefficient (Wildman–Crippen LogP) is 5.75. The Kier molecular flexibility index (Phi) is 4.28. The maximum absolute atomic E-state index is 12.0. The molecule has 0 bridgehead atoms. The van der Waals surface area contributed by atoms with E-state index in [-0.39, 0.29) is 5.69 Å². The van der Waals surface area contributed by atoms with E-state index in [0.717, 1.165) is 33.3 Å². The Morgan fingerprint density at radius 2 is 1.85 bits per heavy atom.